The second-order valence-corrected chi connectivity index (χ2v) is 8.19. The highest BCUT2D eigenvalue weighted by atomic mass is 32.2. The number of hydrogen-bond acceptors (Lipinski definition) is 11. The molecule has 4 rings (SSSR count). The van der Waals surface area contributed by atoms with E-state index >= 15 is 0 Å². The summed E-state index contributed by atoms with van der Waals surface area (Å²) in [5, 5.41) is 6.85. The summed E-state index contributed by atoms with van der Waals surface area (Å²) in [6, 6.07) is 0. The highest BCUT2D eigenvalue weighted by molar-refractivity contribution is 8.06. The van der Waals surface area contributed by atoms with Crippen molar-refractivity contribution in [2.24, 2.45) is 0 Å². The van der Waals surface area contributed by atoms with Crippen LogP contribution in [0.25, 0.3) is 0 Å². The van der Waals surface area contributed by atoms with Crippen LogP contribution in [0.4, 0.5) is 0 Å². The number of carbonyl (C=O) groups is 3. The van der Waals surface area contributed by atoms with Crippen molar-refractivity contribution in [1.82, 2.24) is 34.3 Å². The molecule has 1 fully saturated rings. The van der Waals surface area contributed by atoms with Gasteiger partial charge in [-0.2, -0.15) is 19.3 Å². The Balaban J connectivity index is 1.47. The van der Waals surface area contributed by atoms with Crippen LogP contribution < -0.4 is 5.48 Å². The first-order valence-electron chi connectivity index (χ1n) is 7.58. The van der Waals surface area contributed by atoms with Crippen LogP contribution in [0.15, 0.2) is 28.3 Å². The van der Waals surface area contributed by atoms with E-state index in [1.807, 2.05) is 0 Å². The Morgan fingerprint density at radius 3 is 3.07 bits per heavy atom. The third-order valence-electron chi connectivity index (χ3n) is 3.63. The Morgan fingerprint density at radius 2 is 2.37 bits per heavy atom. The largest absolute Gasteiger partial charge is 0.380 e. The van der Waals surface area contributed by atoms with Gasteiger partial charge in [0.15, 0.2) is 5.16 Å². The molecular weight excluding hydrogens is 414 g/mol. The molecule has 27 heavy (non-hydrogen) atoms. The maximum Gasteiger partial charge on any atom is 0.380 e. The molecule has 2 aromatic rings. The highest BCUT2D eigenvalue weighted by Gasteiger charge is 2.46. The first-order chi connectivity index (χ1) is 13.1. The van der Waals surface area contributed by atoms with Crippen molar-refractivity contribution in [3.05, 3.63) is 28.8 Å². The van der Waals surface area contributed by atoms with Gasteiger partial charge in [-0.15, -0.1) is 11.8 Å². The van der Waals surface area contributed by atoms with Crippen LogP contribution in [0.3, 0.4) is 0 Å². The molecule has 2 N–H and O–H groups in total. The van der Waals surface area contributed by atoms with Gasteiger partial charge >= 0.3 is 5.97 Å². The zero-order valence-electron chi connectivity index (χ0n) is 13.4. The van der Waals surface area contributed by atoms with Crippen molar-refractivity contribution in [3.63, 3.8) is 0 Å². The number of aromatic amines is 1. The summed E-state index contributed by atoms with van der Waals surface area (Å²) in [6.07, 6.45) is 3.11. The smallest absolute Gasteiger partial charge is 0.334 e. The summed E-state index contributed by atoms with van der Waals surface area (Å²) in [7, 11) is 0. The summed E-state index contributed by atoms with van der Waals surface area (Å²) in [6.45, 7) is 0. The van der Waals surface area contributed by atoms with Crippen molar-refractivity contribution >= 4 is 53.0 Å². The average Bonchev–Trinajstić information content (AvgIpc) is 3.33. The normalized spacial score (nSPS) is 18.7. The molecule has 0 bridgehead atoms. The van der Waals surface area contributed by atoms with Crippen LogP contribution in [0.5, 0.6) is 0 Å². The zero-order valence-corrected chi connectivity index (χ0v) is 15.9. The number of β-lactam (4-membered cyclic amide) rings is 1. The number of carbonyl (C=O) groups excluding carboxylic acids is 3. The minimum Gasteiger partial charge on any atom is -0.334 e. The van der Waals surface area contributed by atoms with Crippen molar-refractivity contribution in [2.45, 2.75) is 23.4 Å². The average molecular weight is 425 g/mol. The first kappa shape index (κ1) is 17.9. The molecule has 140 valence electrons. The lowest BCUT2D eigenvalue weighted by molar-refractivity contribution is -0.158. The molecule has 14 heteroatoms. The molecule has 0 aromatic carbocycles. The second-order valence-electron chi connectivity index (χ2n) is 5.39. The number of amides is 2. The minimum absolute atomic E-state index is 0.0659. The number of aromatic nitrogens is 5. The second kappa shape index (κ2) is 7.66. The summed E-state index contributed by atoms with van der Waals surface area (Å²) in [4.78, 5) is 47.4. The molecule has 2 aliphatic heterocycles. The van der Waals surface area contributed by atoms with E-state index in [2.05, 4.69) is 29.4 Å². The Morgan fingerprint density at radius 1 is 1.48 bits per heavy atom. The Labute approximate surface area is 164 Å². The molecule has 0 saturated carbocycles. The molecule has 0 radical (unpaired) electrons. The molecule has 0 aliphatic carbocycles. The molecule has 1 atom stereocenters. The topological polar surface area (TPSA) is 143 Å². The fourth-order valence-corrected chi connectivity index (χ4v) is 5.12. The minimum atomic E-state index is -0.805. The van der Waals surface area contributed by atoms with Gasteiger partial charge in [0.2, 0.25) is 5.91 Å². The molecular formula is C13H11N7O4S3. The number of fused-ring (bicyclic) bond motifs is 1. The van der Waals surface area contributed by atoms with Gasteiger partial charge in [-0.25, -0.2) is 9.78 Å². The van der Waals surface area contributed by atoms with Crippen LogP contribution in [-0.2, 0) is 25.6 Å². The van der Waals surface area contributed by atoms with Gasteiger partial charge < -0.3 is 4.84 Å². The Kier molecular flexibility index (Phi) is 5.09. The van der Waals surface area contributed by atoms with Crippen LogP contribution in [-0.4, -0.2) is 57.7 Å². The molecule has 4 heterocycles. The van der Waals surface area contributed by atoms with Crippen molar-refractivity contribution in [3.8, 4) is 0 Å². The molecule has 2 amide bonds. The van der Waals surface area contributed by atoms with Gasteiger partial charge in [0.1, 0.15) is 12.0 Å². The Hall–Kier alpha value is -2.45. The number of hydrogen-bond donors (Lipinski definition) is 2. The molecule has 0 unspecified atom stereocenters. The molecule has 11 nitrogen and oxygen atoms in total. The number of hydroxylamine groups is 1. The molecule has 2 aliphatic rings. The summed E-state index contributed by atoms with van der Waals surface area (Å²) in [5.74, 6) is -1.00. The van der Waals surface area contributed by atoms with Gasteiger partial charge in [-0.05, 0) is 0 Å². The fourth-order valence-electron chi connectivity index (χ4n) is 2.43. The lowest BCUT2D eigenvalue weighted by Crippen LogP contribution is -2.54. The van der Waals surface area contributed by atoms with Gasteiger partial charge in [0.05, 0.1) is 41.8 Å². The van der Waals surface area contributed by atoms with E-state index in [-0.39, 0.29) is 23.4 Å². The predicted octanol–water partition coefficient (Wildman–Crippen LogP) is 0.0822. The third kappa shape index (κ3) is 3.81. The number of nitrogens with zero attached hydrogens (tertiary/aromatic N) is 5. The molecule has 0 spiro atoms. The summed E-state index contributed by atoms with van der Waals surface area (Å²) in [5.41, 5.74) is 2.69. The fraction of sp³-hybridized carbons (Fsp3) is 0.308. The first-order valence-corrected chi connectivity index (χ1v) is 10.2. The standard InChI is InChI=1S/C13H11N7O4S3/c21-8(1-6-3-16-27-19-6)18-24-12(23)11-7(26-13-14-5-15-17-13)4-25-10-2-9(22)20(10)11/h3,5,10H,1-2,4H2,(H,18,21)(H,14,15,17)/t10-/m0/s1. The molecule has 1 saturated heterocycles. The van der Waals surface area contributed by atoms with Crippen molar-refractivity contribution in [2.75, 3.05) is 5.75 Å². The van der Waals surface area contributed by atoms with E-state index in [9.17, 15) is 14.4 Å². The van der Waals surface area contributed by atoms with Crippen molar-refractivity contribution in [1.29, 1.82) is 0 Å². The van der Waals surface area contributed by atoms with E-state index in [1.54, 1.807) is 11.8 Å². The molecule has 2 aromatic heterocycles. The van der Waals surface area contributed by atoms with E-state index in [4.69, 9.17) is 4.84 Å². The van der Waals surface area contributed by atoms with Crippen LogP contribution in [0, 0.1) is 0 Å². The number of rotatable bonds is 5. The SMILES string of the molecule is O=C(Cc1cnsn1)NOC(=O)C1=C(Sc2ncn[nH]2)CS[C@H]2CC(=O)N12. The highest BCUT2D eigenvalue weighted by Crippen LogP contribution is 2.44. The quantitative estimate of drug-likeness (QED) is 0.499. The van der Waals surface area contributed by atoms with E-state index in [1.165, 1.54) is 29.2 Å². The number of H-pyrrole nitrogens is 1. The van der Waals surface area contributed by atoms with Crippen LogP contribution >= 0.6 is 35.3 Å². The lowest BCUT2D eigenvalue weighted by Gasteiger charge is -2.43. The zero-order chi connectivity index (χ0) is 18.8. The third-order valence-corrected chi connectivity index (χ3v) is 6.52. The number of nitrogens with one attached hydrogen (secondary N) is 2. The maximum absolute atomic E-state index is 12.6. The van der Waals surface area contributed by atoms with E-state index < -0.39 is 11.9 Å². The van der Waals surface area contributed by atoms with Crippen molar-refractivity contribution < 1.29 is 19.2 Å². The van der Waals surface area contributed by atoms with Gasteiger partial charge in [0.25, 0.3) is 5.91 Å². The predicted molar refractivity (Wildman–Crippen MR) is 94.8 cm³/mol. The summed E-state index contributed by atoms with van der Waals surface area (Å²) < 4.78 is 7.71. The van der Waals surface area contributed by atoms with Crippen LogP contribution in [0.1, 0.15) is 12.1 Å². The number of thioether (sulfide) groups is 2. The van der Waals surface area contributed by atoms with Crippen LogP contribution in [0.2, 0.25) is 0 Å². The van der Waals surface area contributed by atoms with Gasteiger partial charge in [0, 0.05) is 10.7 Å². The van der Waals surface area contributed by atoms with E-state index in [0.717, 1.165) is 11.7 Å². The maximum atomic E-state index is 12.6. The monoisotopic (exact) mass is 425 g/mol. The van der Waals surface area contributed by atoms with E-state index in [0.29, 0.717) is 27.9 Å². The Bertz CT molecular complexity index is 899. The summed E-state index contributed by atoms with van der Waals surface area (Å²) >= 11 is 3.72. The lowest BCUT2D eigenvalue weighted by atomic mass is 10.1. The van der Waals surface area contributed by atoms with Gasteiger partial charge in [-0.3, -0.25) is 19.6 Å². The van der Waals surface area contributed by atoms with Gasteiger partial charge in [-0.1, -0.05) is 11.8 Å².